The Morgan fingerprint density at radius 1 is 1.08 bits per heavy atom. The highest BCUT2D eigenvalue weighted by molar-refractivity contribution is 7.88. The van der Waals surface area contributed by atoms with Crippen molar-refractivity contribution < 1.29 is 18.3 Å². The smallest absolute Gasteiger partial charge is 0.230 e. The van der Waals surface area contributed by atoms with Crippen LogP contribution in [0.4, 0.5) is 0 Å². The zero-order valence-electron chi connectivity index (χ0n) is 22.3. The van der Waals surface area contributed by atoms with Crippen LogP contribution < -0.4 is 5.32 Å². The second kappa shape index (κ2) is 13.7. The van der Waals surface area contributed by atoms with Crippen molar-refractivity contribution in [2.24, 2.45) is 0 Å². The number of hydrogen-bond acceptors (Lipinski definition) is 5. The van der Waals surface area contributed by atoms with Crippen LogP contribution in [0.25, 0.3) is 0 Å². The van der Waals surface area contributed by atoms with Crippen LogP contribution in [0.15, 0.2) is 36.4 Å². The van der Waals surface area contributed by atoms with Crippen molar-refractivity contribution in [2.75, 3.05) is 39.0 Å². The minimum Gasteiger partial charge on any atom is -0.394 e. The van der Waals surface area contributed by atoms with Crippen LogP contribution in [0.1, 0.15) is 50.3 Å². The Hall–Kier alpha value is -1.10. The molecule has 39 heavy (non-hydrogen) atoms. The molecule has 216 valence electrons. The first-order chi connectivity index (χ1) is 18.3. The average molecular weight is 639 g/mol. The van der Waals surface area contributed by atoms with Gasteiger partial charge in [0.15, 0.2) is 0 Å². The maximum absolute atomic E-state index is 13.9. The molecule has 2 aromatic carbocycles. The molecular formula is C27H35Cl4N3O4S. The van der Waals surface area contributed by atoms with Crippen molar-refractivity contribution in [1.82, 2.24) is 14.5 Å². The van der Waals surface area contributed by atoms with Gasteiger partial charge in [-0.05, 0) is 81.2 Å². The number of sulfonamides is 1. The van der Waals surface area contributed by atoms with Gasteiger partial charge in [-0.25, -0.2) is 8.42 Å². The molecule has 1 fully saturated rings. The molecule has 12 heteroatoms. The van der Waals surface area contributed by atoms with Crippen LogP contribution in [0, 0.1) is 0 Å². The third-order valence-corrected chi connectivity index (χ3v) is 10.4. The lowest BCUT2D eigenvalue weighted by Gasteiger charge is -2.38. The quantitative estimate of drug-likeness (QED) is 0.337. The lowest BCUT2D eigenvalue weighted by molar-refractivity contribution is -0.127. The number of likely N-dealkylation sites (tertiary alicyclic amines) is 1. The van der Waals surface area contributed by atoms with Gasteiger partial charge in [0.25, 0.3) is 0 Å². The molecule has 1 aliphatic rings. The fraction of sp³-hybridized carbons (Fsp3) is 0.519. The van der Waals surface area contributed by atoms with E-state index < -0.39 is 21.5 Å². The first-order valence-corrected chi connectivity index (χ1v) is 16.2. The van der Waals surface area contributed by atoms with Gasteiger partial charge in [-0.15, -0.1) is 0 Å². The summed E-state index contributed by atoms with van der Waals surface area (Å²) in [5.41, 5.74) is 0.325. The Kier molecular flexibility index (Phi) is 11.4. The number of carbonyl (C=O) groups is 1. The lowest BCUT2D eigenvalue weighted by Crippen LogP contribution is -2.49. The first kappa shape index (κ1) is 32.4. The van der Waals surface area contributed by atoms with Crippen LogP contribution in [-0.2, 0) is 20.2 Å². The molecule has 1 unspecified atom stereocenters. The summed E-state index contributed by atoms with van der Waals surface area (Å²) >= 11 is 24.7. The fourth-order valence-electron chi connectivity index (χ4n) is 5.09. The van der Waals surface area contributed by atoms with Crippen LogP contribution >= 0.6 is 46.4 Å². The summed E-state index contributed by atoms with van der Waals surface area (Å²) in [7, 11) is -3.26. The molecule has 0 aromatic heterocycles. The van der Waals surface area contributed by atoms with Crippen molar-refractivity contribution in [3.63, 3.8) is 0 Å². The van der Waals surface area contributed by atoms with E-state index in [0.29, 0.717) is 50.7 Å². The highest BCUT2D eigenvalue weighted by Crippen LogP contribution is 2.35. The molecule has 7 nitrogen and oxygen atoms in total. The summed E-state index contributed by atoms with van der Waals surface area (Å²) in [6.07, 6.45) is 3.16. The van der Waals surface area contributed by atoms with E-state index in [1.807, 2.05) is 13.8 Å². The number of nitrogens with one attached hydrogen (secondary N) is 1. The van der Waals surface area contributed by atoms with E-state index in [9.17, 15) is 18.3 Å². The van der Waals surface area contributed by atoms with E-state index in [2.05, 4.69) is 10.2 Å². The van der Waals surface area contributed by atoms with Crippen molar-refractivity contribution in [3.05, 3.63) is 67.6 Å². The summed E-state index contributed by atoms with van der Waals surface area (Å²) in [5, 5.41) is 14.5. The topological polar surface area (TPSA) is 89.9 Å². The van der Waals surface area contributed by atoms with Gasteiger partial charge in [0, 0.05) is 12.6 Å². The maximum atomic E-state index is 13.9. The van der Waals surface area contributed by atoms with E-state index in [-0.39, 0.29) is 18.6 Å². The predicted octanol–water partition coefficient (Wildman–Crippen LogP) is 5.54. The second-order valence-electron chi connectivity index (χ2n) is 10.1. The largest absolute Gasteiger partial charge is 0.394 e. The number of halogens is 4. The summed E-state index contributed by atoms with van der Waals surface area (Å²) in [6.45, 7) is 5.87. The summed E-state index contributed by atoms with van der Waals surface area (Å²) in [5.74, 6) is -0.282. The Bertz CT molecular complexity index is 1270. The molecule has 1 saturated heterocycles. The minimum absolute atomic E-state index is 0.0254. The van der Waals surface area contributed by atoms with Crippen molar-refractivity contribution in [2.45, 2.75) is 50.6 Å². The van der Waals surface area contributed by atoms with E-state index in [1.165, 1.54) is 6.26 Å². The Morgan fingerprint density at radius 2 is 1.67 bits per heavy atom. The number of nitrogens with zero attached hydrogens (tertiary/aromatic N) is 2. The van der Waals surface area contributed by atoms with Gasteiger partial charge >= 0.3 is 0 Å². The Morgan fingerprint density at radius 3 is 2.18 bits per heavy atom. The molecule has 0 radical (unpaired) electrons. The highest BCUT2D eigenvalue weighted by Gasteiger charge is 2.38. The van der Waals surface area contributed by atoms with Crippen LogP contribution in [0.2, 0.25) is 20.1 Å². The second-order valence-corrected chi connectivity index (χ2v) is 13.7. The predicted molar refractivity (Wildman–Crippen MR) is 160 cm³/mol. The molecule has 2 atom stereocenters. The van der Waals surface area contributed by atoms with Gasteiger partial charge in [-0.2, -0.15) is 4.31 Å². The number of aliphatic hydroxyl groups excluding tert-OH is 1. The fourth-order valence-corrected chi connectivity index (χ4v) is 6.91. The Balaban J connectivity index is 1.79. The molecule has 0 spiro atoms. The molecule has 1 aliphatic heterocycles. The number of rotatable bonds is 11. The molecule has 0 saturated carbocycles. The van der Waals surface area contributed by atoms with E-state index in [0.717, 1.165) is 25.9 Å². The normalized spacial score (nSPS) is 17.7. The SMILES string of the molecule is CCN(C1CCN(CCC(C)(C(=O)N[C@@H](CO)c2ccc(Cl)c(Cl)c2)c2ccc(Cl)c(Cl)c2)CC1)S(C)(=O)=O. The van der Waals surface area contributed by atoms with E-state index >= 15 is 0 Å². The van der Waals surface area contributed by atoms with Crippen LogP contribution in [-0.4, -0.2) is 73.7 Å². The third kappa shape index (κ3) is 8.01. The highest BCUT2D eigenvalue weighted by atomic mass is 35.5. The molecule has 2 aromatic rings. The van der Waals surface area contributed by atoms with Gasteiger partial charge in [0.1, 0.15) is 0 Å². The molecule has 1 heterocycles. The number of piperidine rings is 1. The molecule has 1 amide bonds. The van der Waals surface area contributed by atoms with E-state index in [4.69, 9.17) is 46.4 Å². The Labute approximate surface area is 251 Å². The summed E-state index contributed by atoms with van der Waals surface area (Å²) in [6, 6.07) is 9.41. The van der Waals surface area contributed by atoms with E-state index in [1.54, 1.807) is 40.7 Å². The summed E-state index contributed by atoms with van der Waals surface area (Å²) < 4.78 is 25.9. The number of benzene rings is 2. The van der Waals surface area contributed by atoms with Gasteiger partial charge in [-0.3, -0.25) is 4.79 Å². The van der Waals surface area contributed by atoms with Gasteiger partial charge < -0.3 is 15.3 Å². The summed E-state index contributed by atoms with van der Waals surface area (Å²) in [4.78, 5) is 16.1. The third-order valence-electron chi connectivity index (χ3n) is 7.52. The minimum atomic E-state index is -3.26. The van der Waals surface area contributed by atoms with Gasteiger partial charge in [-0.1, -0.05) is 65.5 Å². The van der Waals surface area contributed by atoms with Crippen molar-refractivity contribution in [1.29, 1.82) is 0 Å². The van der Waals surface area contributed by atoms with Gasteiger partial charge in [0.05, 0.1) is 44.4 Å². The number of aliphatic hydroxyl groups is 1. The number of hydrogen-bond donors (Lipinski definition) is 2. The molecule has 2 N–H and O–H groups in total. The molecule has 0 aliphatic carbocycles. The van der Waals surface area contributed by atoms with Crippen LogP contribution in [0.3, 0.4) is 0 Å². The van der Waals surface area contributed by atoms with Gasteiger partial charge in [0.2, 0.25) is 15.9 Å². The zero-order valence-corrected chi connectivity index (χ0v) is 26.1. The number of carbonyl (C=O) groups excluding carboxylic acids is 1. The number of amides is 1. The van der Waals surface area contributed by atoms with Crippen molar-refractivity contribution in [3.8, 4) is 0 Å². The monoisotopic (exact) mass is 637 g/mol. The standard InChI is InChI=1S/C27H35Cl4N3O4S/c1-4-34(39(3,37)38)20-9-12-33(13-10-20)14-11-27(2,19-6-8-22(29)24(31)16-19)26(36)32-25(17-35)18-5-7-21(28)23(30)15-18/h5-8,15-16,20,25,35H,4,9-14,17H2,1-3H3,(H,32,36)/t25-,27?/m0/s1. The van der Waals surface area contributed by atoms with Crippen molar-refractivity contribution >= 4 is 62.3 Å². The zero-order chi connectivity index (χ0) is 29.0. The average Bonchev–Trinajstić information content (AvgIpc) is 2.89. The lowest BCUT2D eigenvalue weighted by atomic mass is 9.78. The molecule has 0 bridgehead atoms. The molecular weight excluding hydrogens is 604 g/mol. The van der Waals surface area contributed by atoms with Crippen LogP contribution in [0.5, 0.6) is 0 Å². The maximum Gasteiger partial charge on any atom is 0.230 e. The molecule has 3 rings (SSSR count). The first-order valence-electron chi connectivity index (χ1n) is 12.8.